The van der Waals surface area contributed by atoms with Gasteiger partial charge in [0.15, 0.2) is 0 Å². The first-order chi connectivity index (χ1) is 9.86. The van der Waals surface area contributed by atoms with Crippen LogP contribution in [0.25, 0.3) is 0 Å². The van der Waals surface area contributed by atoms with Crippen LogP contribution in [0.2, 0.25) is 0 Å². The van der Waals surface area contributed by atoms with Crippen molar-refractivity contribution < 1.29 is 9.47 Å². The van der Waals surface area contributed by atoms with Crippen LogP contribution in [0.15, 0.2) is 36.9 Å². The Balaban J connectivity index is 2.10. The lowest BCUT2D eigenvalue weighted by Crippen LogP contribution is -2.13. The Morgan fingerprint density at radius 3 is 2.65 bits per heavy atom. The Morgan fingerprint density at radius 1 is 1.15 bits per heavy atom. The minimum absolute atomic E-state index is 0.599. The maximum absolute atomic E-state index is 5.63. The quantitative estimate of drug-likeness (QED) is 0.468. The topological polar surface area (TPSA) is 30.5 Å². The summed E-state index contributed by atoms with van der Waals surface area (Å²) in [6.45, 7) is 9.83. The molecule has 1 aromatic carbocycles. The molecule has 0 saturated carbocycles. The van der Waals surface area contributed by atoms with Gasteiger partial charge in [0, 0.05) is 13.2 Å². The van der Waals surface area contributed by atoms with E-state index in [-0.39, 0.29) is 0 Å². The summed E-state index contributed by atoms with van der Waals surface area (Å²) in [4.78, 5) is 0. The number of hydrogen-bond acceptors (Lipinski definition) is 3. The van der Waals surface area contributed by atoms with E-state index in [2.05, 4.69) is 31.0 Å². The Hall–Kier alpha value is -1.32. The molecule has 3 nitrogen and oxygen atoms in total. The third-order valence-corrected chi connectivity index (χ3v) is 2.87. The lowest BCUT2D eigenvalue weighted by molar-refractivity contribution is 0.0988. The van der Waals surface area contributed by atoms with E-state index >= 15 is 0 Å². The van der Waals surface area contributed by atoms with Gasteiger partial charge >= 0.3 is 0 Å². The van der Waals surface area contributed by atoms with E-state index in [9.17, 15) is 0 Å². The fourth-order valence-electron chi connectivity index (χ4n) is 1.76. The molecule has 0 unspecified atom stereocenters. The first-order valence-electron chi connectivity index (χ1n) is 7.48. The molecule has 1 aromatic rings. The van der Waals surface area contributed by atoms with Crippen molar-refractivity contribution in [2.45, 2.75) is 32.7 Å². The van der Waals surface area contributed by atoms with Crippen molar-refractivity contribution in [1.82, 2.24) is 5.32 Å². The molecule has 0 bridgehead atoms. The van der Waals surface area contributed by atoms with Crippen molar-refractivity contribution in [1.29, 1.82) is 0 Å². The fraction of sp³-hybridized carbons (Fsp3) is 0.529. The Labute approximate surface area is 123 Å². The highest BCUT2D eigenvalue weighted by Gasteiger charge is 1.96. The molecule has 0 aliphatic rings. The highest BCUT2D eigenvalue weighted by molar-refractivity contribution is 5.27. The summed E-state index contributed by atoms with van der Waals surface area (Å²) >= 11 is 0. The molecule has 112 valence electrons. The van der Waals surface area contributed by atoms with Crippen molar-refractivity contribution in [2.24, 2.45) is 0 Å². The second-order valence-corrected chi connectivity index (χ2v) is 4.71. The van der Waals surface area contributed by atoms with Crippen molar-refractivity contribution in [3.63, 3.8) is 0 Å². The zero-order valence-electron chi connectivity index (χ0n) is 12.6. The largest absolute Gasteiger partial charge is 0.491 e. The smallest absolute Gasteiger partial charge is 0.119 e. The second-order valence-electron chi connectivity index (χ2n) is 4.71. The van der Waals surface area contributed by atoms with E-state index < -0.39 is 0 Å². The van der Waals surface area contributed by atoms with Crippen LogP contribution in [-0.2, 0) is 11.3 Å². The predicted octanol–water partition coefficient (Wildman–Crippen LogP) is 3.55. The van der Waals surface area contributed by atoms with Crippen LogP contribution in [0, 0.1) is 0 Å². The van der Waals surface area contributed by atoms with E-state index in [0.717, 1.165) is 44.7 Å². The van der Waals surface area contributed by atoms with Crippen LogP contribution >= 0.6 is 0 Å². The van der Waals surface area contributed by atoms with Gasteiger partial charge < -0.3 is 14.8 Å². The normalized spacial score (nSPS) is 10.4. The van der Waals surface area contributed by atoms with E-state index in [4.69, 9.17) is 9.47 Å². The molecule has 0 atom stereocenters. The van der Waals surface area contributed by atoms with Crippen molar-refractivity contribution >= 4 is 0 Å². The average molecular weight is 277 g/mol. The first-order valence-corrected chi connectivity index (χ1v) is 7.48. The first kappa shape index (κ1) is 16.7. The SMILES string of the molecule is C=CCCCOCCOc1ccc(CNCCC)cc1. The highest BCUT2D eigenvalue weighted by atomic mass is 16.5. The molecule has 0 radical (unpaired) electrons. The molecule has 1 rings (SSSR count). The second kappa shape index (κ2) is 11.5. The van der Waals surface area contributed by atoms with E-state index in [1.165, 1.54) is 5.56 Å². The van der Waals surface area contributed by atoms with Crippen molar-refractivity contribution in [3.8, 4) is 5.75 Å². The summed E-state index contributed by atoms with van der Waals surface area (Å²) in [5.74, 6) is 0.902. The lowest BCUT2D eigenvalue weighted by atomic mass is 10.2. The van der Waals surface area contributed by atoms with Gasteiger partial charge in [0.2, 0.25) is 0 Å². The van der Waals surface area contributed by atoms with Gasteiger partial charge in [-0.3, -0.25) is 0 Å². The van der Waals surface area contributed by atoms with Crippen molar-refractivity contribution in [2.75, 3.05) is 26.4 Å². The number of hydrogen-bond donors (Lipinski definition) is 1. The molecule has 0 aliphatic heterocycles. The van der Waals surface area contributed by atoms with Gasteiger partial charge in [-0.2, -0.15) is 0 Å². The third-order valence-electron chi connectivity index (χ3n) is 2.87. The van der Waals surface area contributed by atoms with Gasteiger partial charge in [-0.1, -0.05) is 25.1 Å². The van der Waals surface area contributed by atoms with Gasteiger partial charge in [-0.25, -0.2) is 0 Å². The minimum Gasteiger partial charge on any atom is -0.491 e. The fourth-order valence-corrected chi connectivity index (χ4v) is 1.76. The zero-order chi connectivity index (χ0) is 14.5. The number of rotatable bonds is 12. The molecular formula is C17H27NO2. The number of ether oxygens (including phenoxy) is 2. The van der Waals surface area contributed by atoms with Crippen LogP contribution < -0.4 is 10.1 Å². The number of unbranched alkanes of at least 4 members (excludes halogenated alkanes) is 1. The molecule has 0 aliphatic carbocycles. The van der Waals surface area contributed by atoms with Crippen LogP contribution in [-0.4, -0.2) is 26.4 Å². The van der Waals surface area contributed by atoms with E-state index in [1.54, 1.807) is 0 Å². The molecule has 1 N–H and O–H groups in total. The maximum Gasteiger partial charge on any atom is 0.119 e. The zero-order valence-corrected chi connectivity index (χ0v) is 12.6. The Kier molecular flexibility index (Phi) is 9.62. The summed E-state index contributed by atoms with van der Waals surface area (Å²) < 4.78 is 11.1. The number of nitrogens with one attached hydrogen (secondary N) is 1. The lowest BCUT2D eigenvalue weighted by Gasteiger charge is -2.08. The van der Waals surface area contributed by atoms with Gasteiger partial charge in [0.1, 0.15) is 12.4 Å². The minimum atomic E-state index is 0.599. The molecule has 3 heteroatoms. The molecular weight excluding hydrogens is 250 g/mol. The molecule has 0 saturated heterocycles. The Bertz CT molecular complexity index is 349. The predicted molar refractivity (Wildman–Crippen MR) is 84.2 cm³/mol. The van der Waals surface area contributed by atoms with E-state index in [0.29, 0.717) is 13.2 Å². The standard InChI is InChI=1S/C17H27NO2/c1-3-5-6-12-19-13-14-20-17-9-7-16(8-10-17)15-18-11-4-2/h3,7-10,18H,1,4-6,11-15H2,2H3. The maximum atomic E-state index is 5.63. The van der Waals surface area contributed by atoms with Gasteiger partial charge in [-0.05, 0) is 43.5 Å². The number of allylic oxidation sites excluding steroid dienone is 1. The molecule has 0 spiro atoms. The van der Waals surface area contributed by atoms with Crippen LogP contribution in [0.3, 0.4) is 0 Å². The molecule has 0 fully saturated rings. The monoisotopic (exact) mass is 277 g/mol. The molecule has 0 heterocycles. The number of benzene rings is 1. The summed E-state index contributed by atoms with van der Waals surface area (Å²) in [5.41, 5.74) is 1.28. The van der Waals surface area contributed by atoms with Gasteiger partial charge in [-0.15, -0.1) is 6.58 Å². The third kappa shape index (κ3) is 7.97. The molecule has 0 aromatic heterocycles. The summed E-state index contributed by atoms with van der Waals surface area (Å²) in [6.07, 6.45) is 5.11. The molecule has 0 amide bonds. The van der Waals surface area contributed by atoms with Gasteiger partial charge in [0.25, 0.3) is 0 Å². The van der Waals surface area contributed by atoms with Crippen molar-refractivity contribution in [3.05, 3.63) is 42.5 Å². The average Bonchev–Trinajstić information content (AvgIpc) is 2.48. The van der Waals surface area contributed by atoms with Gasteiger partial charge in [0.05, 0.1) is 6.61 Å². The summed E-state index contributed by atoms with van der Waals surface area (Å²) in [6, 6.07) is 8.23. The van der Waals surface area contributed by atoms with E-state index in [1.807, 2.05) is 18.2 Å². The van der Waals surface area contributed by atoms with Crippen LogP contribution in [0.1, 0.15) is 31.7 Å². The van der Waals surface area contributed by atoms with Crippen LogP contribution in [0.4, 0.5) is 0 Å². The molecule has 20 heavy (non-hydrogen) atoms. The summed E-state index contributed by atoms with van der Waals surface area (Å²) in [5, 5.41) is 3.38. The van der Waals surface area contributed by atoms with Crippen LogP contribution in [0.5, 0.6) is 5.75 Å². The Morgan fingerprint density at radius 2 is 1.95 bits per heavy atom. The summed E-state index contributed by atoms with van der Waals surface area (Å²) in [7, 11) is 0. The highest BCUT2D eigenvalue weighted by Crippen LogP contribution is 2.12.